The molecule has 0 aromatic heterocycles. The van der Waals surface area contributed by atoms with E-state index in [4.69, 9.17) is 5.73 Å². The van der Waals surface area contributed by atoms with Crippen molar-refractivity contribution in [2.45, 2.75) is 51.1 Å². The zero-order valence-electron chi connectivity index (χ0n) is 13.3. The summed E-state index contributed by atoms with van der Waals surface area (Å²) in [4.78, 5) is 18.9. The molecule has 1 amide bonds. The Morgan fingerprint density at radius 3 is 2.45 bits per heavy atom. The van der Waals surface area contributed by atoms with Gasteiger partial charge in [0.15, 0.2) is 5.96 Å². The lowest BCUT2D eigenvalue weighted by molar-refractivity contribution is -0.131. The summed E-state index contributed by atoms with van der Waals surface area (Å²) < 4.78 is 0. The summed E-state index contributed by atoms with van der Waals surface area (Å²) >= 11 is 0. The number of aliphatic hydroxyl groups excluding tert-OH is 1. The molecule has 1 atom stereocenters. The van der Waals surface area contributed by atoms with Gasteiger partial charge >= 0.3 is 0 Å². The van der Waals surface area contributed by atoms with Gasteiger partial charge in [-0.05, 0) is 24.8 Å². The van der Waals surface area contributed by atoms with Gasteiger partial charge in [0, 0.05) is 6.61 Å². The van der Waals surface area contributed by atoms with Crippen molar-refractivity contribution in [2.75, 3.05) is 6.61 Å². The number of nitrogens with two attached hydrogens (primary N) is 1. The molecule has 0 spiro atoms. The minimum atomic E-state index is -0.377. The summed E-state index contributed by atoms with van der Waals surface area (Å²) in [6.07, 6.45) is 2.40. The Labute approximate surface area is 131 Å². The molecule has 1 aliphatic heterocycles. The predicted octanol–water partition coefficient (Wildman–Crippen LogP) is 2.22. The lowest BCUT2D eigenvalue weighted by Gasteiger charge is -2.40. The summed E-state index contributed by atoms with van der Waals surface area (Å²) in [5.41, 5.74) is 6.72. The largest absolute Gasteiger partial charge is 0.396 e. The molecule has 0 fully saturated rings. The minimum Gasteiger partial charge on any atom is -0.396 e. The fourth-order valence-electron chi connectivity index (χ4n) is 3.06. The molecule has 1 aliphatic rings. The SMILES string of the molecule is CCC1(CC)CC(=O)N([C@H](CCO)c2ccccc2)C(N)=N1. The predicted molar refractivity (Wildman–Crippen MR) is 87.3 cm³/mol. The highest BCUT2D eigenvalue weighted by Gasteiger charge is 2.40. The topological polar surface area (TPSA) is 78.9 Å². The Kier molecular flexibility index (Phi) is 5.19. The highest BCUT2D eigenvalue weighted by atomic mass is 16.3. The van der Waals surface area contributed by atoms with Crippen molar-refractivity contribution in [1.29, 1.82) is 0 Å². The van der Waals surface area contributed by atoms with Crippen LogP contribution in [0.2, 0.25) is 0 Å². The Hall–Kier alpha value is -1.88. The molecule has 5 heteroatoms. The van der Waals surface area contributed by atoms with E-state index in [9.17, 15) is 9.90 Å². The third-order valence-corrected chi connectivity index (χ3v) is 4.56. The number of amides is 1. The maximum absolute atomic E-state index is 12.7. The molecule has 0 unspecified atom stereocenters. The molecule has 0 bridgehead atoms. The Balaban J connectivity index is 2.38. The average molecular weight is 303 g/mol. The number of nitrogens with zero attached hydrogens (tertiary/aromatic N) is 2. The standard InChI is InChI=1S/C17H25N3O2/c1-3-17(4-2)12-15(22)20(16(18)19-17)14(10-11-21)13-8-6-5-7-9-13/h5-9,14,21H,3-4,10-12H2,1-2H3,(H2,18,19)/t14-/m1/s1. The summed E-state index contributed by atoms with van der Waals surface area (Å²) in [6, 6.07) is 9.39. The number of carbonyl (C=O) groups is 1. The van der Waals surface area contributed by atoms with Gasteiger partial charge < -0.3 is 10.8 Å². The van der Waals surface area contributed by atoms with Gasteiger partial charge in [-0.15, -0.1) is 0 Å². The van der Waals surface area contributed by atoms with Crippen molar-refractivity contribution in [1.82, 2.24) is 4.90 Å². The first-order valence-electron chi connectivity index (χ1n) is 7.90. The number of aliphatic hydroxyl groups is 1. The second kappa shape index (κ2) is 6.92. The number of hydrogen-bond donors (Lipinski definition) is 2. The van der Waals surface area contributed by atoms with Crippen LogP contribution in [0.15, 0.2) is 35.3 Å². The maximum atomic E-state index is 12.7. The van der Waals surface area contributed by atoms with Crippen LogP contribution in [0.1, 0.15) is 51.1 Å². The van der Waals surface area contributed by atoms with Crippen LogP contribution in [0.3, 0.4) is 0 Å². The summed E-state index contributed by atoms with van der Waals surface area (Å²) in [7, 11) is 0. The van der Waals surface area contributed by atoms with Gasteiger partial charge in [0.2, 0.25) is 5.91 Å². The molecule has 1 aromatic carbocycles. The monoisotopic (exact) mass is 303 g/mol. The van der Waals surface area contributed by atoms with Crippen LogP contribution in [0.25, 0.3) is 0 Å². The van der Waals surface area contributed by atoms with E-state index >= 15 is 0 Å². The van der Waals surface area contributed by atoms with E-state index in [1.54, 1.807) is 4.90 Å². The quantitative estimate of drug-likeness (QED) is 0.845. The van der Waals surface area contributed by atoms with Crippen molar-refractivity contribution in [3.63, 3.8) is 0 Å². The van der Waals surface area contributed by atoms with Crippen LogP contribution in [0.5, 0.6) is 0 Å². The third-order valence-electron chi connectivity index (χ3n) is 4.56. The molecular weight excluding hydrogens is 278 g/mol. The first-order chi connectivity index (χ1) is 10.6. The van der Waals surface area contributed by atoms with E-state index in [0.29, 0.717) is 12.8 Å². The lowest BCUT2D eigenvalue weighted by atomic mass is 9.87. The van der Waals surface area contributed by atoms with Crippen LogP contribution in [-0.2, 0) is 4.79 Å². The first kappa shape index (κ1) is 16.5. The van der Waals surface area contributed by atoms with E-state index in [0.717, 1.165) is 18.4 Å². The number of carbonyl (C=O) groups excluding carboxylic acids is 1. The van der Waals surface area contributed by atoms with E-state index in [1.807, 2.05) is 44.2 Å². The van der Waals surface area contributed by atoms with Crippen molar-refractivity contribution < 1.29 is 9.90 Å². The normalized spacial score (nSPS) is 19.0. The second-order valence-electron chi connectivity index (χ2n) is 5.78. The zero-order chi connectivity index (χ0) is 16.2. The Morgan fingerprint density at radius 1 is 1.32 bits per heavy atom. The van der Waals surface area contributed by atoms with Crippen molar-refractivity contribution >= 4 is 11.9 Å². The van der Waals surface area contributed by atoms with Gasteiger partial charge in [0.05, 0.1) is 18.0 Å². The number of benzene rings is 1. The molecule has 0 saturated heterocycles. The fourth-order valence-corrected chi connectivity index (χ4v) is 3.06. The Morgan fingerprint density at radius 2 is 1.95 bits per heavy atom. The van der Waals surface area contributed by atoms with Gasteiger partial charge in [-0.2, -0.15) is 0 Å². The summed E-state index contributed by atoms with van der Waals surface area (Å²) in [6.45, 7) is 4.06. The molecule has 120 valence electrons. The third kappa shape index (κ3) is 3.14. The number of rotatable bonds is 6. The summed E-state index contributed by atoms with van der Waals surface area (Å²) in [5.74, 6) is 0.251. The fraction of sp³-hybridized carbons (Fsp3) is 0.529. The van der Waals surface area contributed by atoms with E-state index in [2.05, 4.69) is 4.99 Å². The second-order valence-corrected chi connectivity index (χ2v) is 5.78. The molecule has 3 N–H and O–H groups in total. The first-order valence-corrected chi connectivity index (χ1v) is 7.90. The minimum absolute atomic E-state index is 0.0106. The van der Waals surface area contributed by atoms with Crippen molar-refractivity contribution in [2.24, 2.45) is 10.7 Å². The summed E-state index contributed by atoms with van der Waals surface area (Å²) in [5, 5.41) is 9.38. The number of aliphatic imine (C=N–C) groups is 1. The molecular formula is C17H25N3O2. The van der Waals surface area contributed by atoms with Crippen molar-refractivity contribution in [3.8, 4) is 0 Å². The number of guanidine groups is 1. The van der Waals surface area contributed by atoms with Gasteiger partial charge in [0.1, 0.15) is 0 Å². The van der Waals surface area contributed by atoms with E-state index < -0.39 is 0 Å². The average Bonchev–Trinajstić information content (AvgIpc) is 2.54. The highest BCUT2D eigenvalue weighted by molar-refractivity contribution is 5.99. The molecule has 0 saturated carbocycles. The molecule has 1 aromatic rings. The van der Waals surface area contributed by atoms with Crippen molar-refractivity contribution in [3.05, 3.63) is 35.9 Å². The molecule has 1 heterocycles. The van der Waals surface area contributed by atoms with Crippen LogP contribution >= 0.6 is 0 Å². The molecule has 0 radical (unpaired) electrons. The maximum Gasteiger partial charge on any atom is 0.232 e. The molecule has 2 rings (SSSR count). The van der Waals surface area contributed by atoms with Crippen LogP contribution in [0, 0.1) is 0 Å². The van der Waals surface area contributed by atoms with Gasteiger partial charge in [0.25, 0.3) is 0 Å². The molecule has 0 aliphatic carbocycles. The number of hydrogen-bond acceptors (Lipinski definition) is 4. The highest BCUT2D eigenvalue weighted by Crippen LogP contribution is 2.34. The van der Waals surface area contributed by atoms with Gasteiger partial charge in [-0.3, -0.25) is 9.69 Å². The van der Waals surface area contributed by atoms with E-state index in [-0.39, 0.29) is 30.1 Å². The van der Waals surface area contributed by atoms with Crippen LogP contribution in [0.4, 0.5) is 0 Å². The van der Waals surface area contributed by atoms with E-state index in [1.165, 1.54) is 0 Å². The van der Waals surface area contributed by atoms with Crippen LogP contribution in [-0.4, -0.2) is 34.0 Å². The van der Waals surface area contributed by atoms with Gasteiger partial charge in [-0.1, -0.05) is 44.2 Å². The Bertz CT molecular complexity index is 538. The smallest absolute Gasteiger partial charge is 0.232 e. The zero-order valence-corrected chi connectivity index (χ0v) is 13.3. The molecule has 5 nitrogen and oxygen atoms in total. The molecule has 22 heavy (non-hydrogen) atoms. The van der Waals surface area contributed by atoms with Gasteiger partial charge in [-0.25, -0.2) is 4.99 Å². The van der Waals surface area contributed by atoms with Crippen LogP contribution < -0.4 is 5.73 Å². The lowest BCUT2D eigenvalue weighted by Crippen LogP contribution is -2.52.